The number of benzene rings is 1. The Hall–Kier alpha value is -2.93. The molecule has 0 atom stereocenters. The smallest absolute Gasteiger partial charge is 0.258 e. The number of halogens is 1. The molecule has 0 aliphatic rings. The van der Waals surface area contributed by atoms with Gasteiger partial charge in [0.1, 0.15) is 11.0 Å². The van der Waals surface area contributed by atoms with Crippen LogP contribution in [0.4, 0.5) is 0 Å². The highest BCUT2D eigenvalue weighted by Gasteiger charge is 2.15. The predicted octanol–water partition coefficient (Wildman–Crippen LogP) is 3.80. The number of hydrogen-bond donors (Lipinski definition) is 1. The van der Waals surface area contributed by atoms with Crippen molar-refractivity contribution in [2.24, 2.45) is 5.92 Å². The van der Waals surface area contributed by atoms with Gasteiger partial charge in [-0.1, -0.05) is 37.6 Å². The van der Waals surface area contributed by atoms with Crippen LogP contribution in [0.25, 0.3) is 17.0 Å². The SMILES string of the molecule is CCN(Cc1nc2ccccc2c(=O)[nH]1)C(=O)/C=C/c1c(C)nn(CC(C)C)c1Cl. The zero-order valence-electron chi connectivity index (χ0n) is 17.6. The molecule has 158 valence electrons. The molecule has 0 bridgehead atoms. The van der Waals surface area contributed by atoms with E-state index in [2.05, 4.69) is 28.9 Å². The van der Waals surface area contributed by atoms with Gasteiger partial charge in [0.2, 0.25) is 5.91 Å². The van der Waals surface area contributed by atoms with Crippen molar-refractivity contribution < 1.29 is 4.79 Å². The number of aryl methyl sites for hydroxylation is 1. The third-order valence-electron chi connectivity index (χ3n) is 4.74. The molecule has 1 N–H and O–H groups in total. The fourth-order valence-electron chi connectivity index (χ4n) is 3.22. The second kappa shape index (κ2) is 9.26. The first-order valence-electron chi connectivity index (χ1n) is 9.98. The van der Waals surface area contributed by atoms with Crippen molar-refractivity contribution in [3.8, 4) is 0 Å². The van der Waals surface area contributed by atoms with Gasteiger partial charge >= 0.3 is 0 Å². The Balaban J connectivity index is 1.79. The summed E-state index contributed by atoms with van der Waals surface area (Å²) in [5.74, 6) is 0.661. The molecule has 3 aromatic rings. The lowest BCUT2D eigenvalue weighted by molar-refractivity contribution is -0.126. The van der Waals surface area contributed by atoms with Gasteiger partial charge in [0.25, 0.3) is 5.56 Å². The van der Waals surface area contributed by atoms with Gasteiger partial charge in [-0.05, 0) is 38.0 Å². The lowest BCUT2D eigenvalue weighted by Crippen LogP contribution is -2.30. The topological polar surface area (TPSA) is 83.9 Å². The molecule has 1 amide bonds. The second-order valence-electron chi connectivity index (χ2n) is 7.58. The van der Waals surface area contributed by atoms with Crippen molar-refractivity contribution in [3.63, 3.8) is 0 Å². The molecule has 0 saturated carbocycles. The molecule has 7 nitrogen and oxygen atoms in total. The largest absolute Gasteiger partial charge is 0.332 e. The standard InChI is InChI=1S/C22H26ClN5O2/c1-5-27(13-19-24-18-9-7-6-8-17(18)22(30)25-19)20(29)11-10-16-15(4)26-28(21(16)23)12-14(2)3/h6-11,14H,5,12-13H2,1-4H3,(H,24,25,30)/b11-10+. The van der Waals surface area contributed by atoms with Crippen LogP contribution in [-0.2, 0) is 17.9 Å². The number of carbonyl (C=O) groups excluding carboxylic acids is 1. The van der Waals surface area contributed by atoms with Crippen molar-refractivity contribution in [3.05, 3.63) is 62.9 Å². The number of nitrogens with one attached hydrogen (secondary N) is 1. The first-order valence-corrected chi connectivity index (χ1v) is 10.4. The third-order valence-corrected chi connectivity index (χ3v) is 5.13. The van der Waals surface area contributed by atoms with Crippen LogP contribution < -0.4 is 5.56 Å². The number of carbonyl (C=O) groups is 1. The molecule has 0 aliphatic heterocycles. The average molecular weight is 428 g/mol. The third kappa shape index (κ3) is 4.79. The molecule has 0 fully saturated rings. The second-order valence-corrected chi connectivity index (χ2v) is 7.94. The molecule has 30 heavy (non-hydrogen) atoms. The average Bonchev–Trinajstić information content (AvgIpc) is 2.96. The highest BCUT2D eigenvalue weighted by atomic mass is 35.5. The molecule has 0 radical (unpaired) electrons. The summed E-state index contributed by atoms with van der Waals surface area (Å²) >= 11 is 6.45. The van der Waals surface area contributed by atoms with Gasteiger partial charge in [0.05, 0.1) is 23.1 Å². The van der Waals surface area contributed by atoms with Gasteiger partial charge in [-0.2, -0.15) is 5.10 Å². The van der Waals surface area contributed by atoms with E-state index in [4.69, 9.17) is 11.6 Å². The normalized spacial score (nSPS) is 11.7. The van der Waals surface area contributed by atoms with Crippen molar-refractivity contribution in [2.45, 2.75) is 40.8 Å². The molecule has 8 heteroatoms. The van der Waals surface area contributed by atoms with Crippen LogP contribution in [-0.4, -0.2) is 37.1 Å². The van der Waals surface area contributed by atoms with Gasteiger partial charge < -0.3 is 9.88 Å². The Morgan fingerprint density at radius 3 is 2.77 bits per heavy atom. The monoisotopic (exact) mass is 427 g/mol. The summed E-state index contributed by atoms with van der Waals surface area (Å²) in [6, 6.07) is 7.13. The summed E-state index contributed by atoms with van der Waals surface area (Å²) in [6.45, 7) is 9.33. The molecular weight excluding hydrogens is 402 g/mol. The molecule has 0 unspecified atom stereocenters. The lowest BCUT2D eigenvalue weighted by Gasteiger charge is -2.18. The fraction of sp³-hybridized carbons (Fsp3) is 0.364. The van der Waals surface area contributed by atoms with E-state index >= 15 is 0 Å². The van der Waals surface area contributed by atoms with Crippen LogP contribution in [0.2, 0.25) is 5.15 Å². The van der Waals surface area contributed by atoms with Gasteiger partial charge in [0, 0.05) is 24.7 Å². The molecule has 0 spiro atoms. The number of rotatable bonds is 7. The summed E-state index contributed by atoms with van der Waals surface area (Å²) in [6.07, 6.45) is 3.18. The Labute approximate surface area is 180 Å². The molecule has 2 aromatic heterocycles. The number of amides is 1. The minimum Gasteiger partial charge on any atom is -0.332 e. The highest BCUT2D eigenvalue weighted by molar-refractivity contribution is 6.31. The van der Waals surface area contributed by atoms with E-state index in [1.807, 2.05) is 19.9 Å². The molecular formula is C22H26ClN5O2. The molecule has 2 heterocycles. The van der Waals surface area contributed by atoms with E-state index < -0.39 is 0 Å². The summed E-state index contributed by atoms with van der Waals surface area (Å²) < 4.78 is 1.76. The number of aromatic nitrogens is 4. The first-order chi connectivity index (χ1) is 14.3. The Bertz CT molecular complexity index is 1150. The Morgan fingerprint density at radius 1 is 1.33 bits per heavy atom. The summed E-state index contributed by atoms with van der Waals surface area (Å²) in [5.41, 5.74) is 1.90. The van der Waals surface area contributed by atoms with E-state index in [1.165, 1.54) is 6.08 Å². The Morgan fingerprint density at radius 2 is 2.07 bits per heavy atom. The summed E-state index contributed by atoms with van der Waals surface area (Å²) in [7, 11) is 0. The van der Waals surface area contributed by atoms with Gasteiger partial charge in [0.15, 0.2) is 0 Å². The lowest BCUT2D eigenvalue weighted by atomic mass is 10.2. The molecule has 1 aromatic carbocycles. The van der Waals surface area contributed by atoms with Crippen LogP contribution in [0.1, 0.15) is 37.9 Å². The van der Waals surface area contributed by atoms with Crippen molar-refractivity contribution >= 4 is 34.5 Å². The molecule has 0 aliphatic carbocycles. The minimum absolute atomic E-state index is 0.194. The summed E-state index contributed by atoms with van der Waals surface area (Å²) in [4.78, 5) is 33.9. The number of fused-ring (bicyclic) bond motifs is 1. The number of likely N-dealkylation sites (N-methyl/N-ethyl adjacent to an activating group) is 1. The van der Waals surface area contributed by atoms with E-state index in [0.717, 1.165) is 11.3 Å². The van der Waals surface area contributed by atoms with Gasteiger partial charge in [-0.15, -0.1) is 0 Å². The number of nitrogens with zero attached hydrogens (tertiary/aromatic N) is 4. The van der Waals surface area contributed by atoms with E-state index in [1.54, 1.807) is 33.9 Å². The van der Waals surface area contributed by atoms with Crippen LogP contribution in [0.3, 0.4) is 0 Å². The maximum Gasteiger partial charge on any atom is 0.258 e. The zero-order chi connectivity index (χ0) is 21.8. The van der Waals surface area contributed by atoms with Crippen molar-refractivity contribution in [1.82, 2.24) is 24.6 Å². The van der Waals surface area contributed by atoms with E-state index in [0.29, 0.717) is 40.9 Å². The van der Waals surface area contributed by atoms with E-state index in [-0.39, 0.29) is 18.0 Å². The van der Waals surface area contributed by atoms with Gasteiger partial charge in [-0.3, -0.25) is 14.3 Å². The maximum atomic E-state index is 12.8. The van der Waals surface area contributed by atoms with Crippen LogP contribution in [0.15, 0.2) is 35.1 Å². The van der Waals surface area contributed by atoms with Crippen LogP contribution >= 0.6 is 11.6 Å². The maximum absolute atomic E-state index is 12.8. The van der Waals surface area contributed by atoms with E-state index in [9.17, 15) is 9.59 Å². The van der Waals surface area contributed by atoms with Crippen molar-refractivity contribution in [1.29, 1.82) is 0 Å². The highest BCUT2D eigenvalue weighted by Crippen LogP contribution is 2.22. The minimum atomic E-state index is -0.213. The number of H-pyrrole nitrogens is 1. The molecule has 3 rings (SSSR count). The van der Waals surface area contributed by atoms with Crippen molar-refractivity contribution in [2.75, 3.05) is 6.54 Å². The van der Waals surface area contributed by atoms with Crippen LogP contribution in [0, 0.1) is 12.8 Å². The number of aromatic amines is 1. The molecule has 0 saturated heterocycles. The number of hydrogen-bond acceptors (Lipinski definition) is 4. The number of para-hydroxylation sites is 1. The zero-order valence-corrected chi connectivity index (χ0v) is 18.4. The quantitative estimate of drug-likeness (QED) is 0.581. The fourth-order valence-corrected chi connectivity index (χ4v) is 3.53. The first kappa shape index (κ1) is 21.8. The van der Waals surface area contributed by atoms with Crippen LogP contribution in [0.5, 0.6) is 0 Å². The summed E-state index contributed by atoms with van der Waals surface area (Å²) in [5, 5.41) is 5.51. The predicted molar refractivity (Wildman–Crippen MR) is 119 cm³/mol. The van der Waals surface area contributed by atoms with Gasteiger partial charge in [-0.25, -0.2) is 4.98 Å². The Kier molecular flexibility index (Phi) is 6.72.